The van der Waals surface area contributed by atoms with Crippen LogP contribution in [0.2, 0.25) is 0 Å². The van der Waals surface area contributed by atoms with E-state index in [2.05, 4.69) is 16.7 Å². The van der Waals surface area contributed by atoms with Crippen LogP contribution in [-0.2, 0) is 4.79 Å². The summed E-state index contributed by atoms with van der Waals surface area (Å²) in [7, 11) is 0. The first-order valence-corrected chi connectivity index (χ1v) is 7.23. The summed E-state index contributed by atoms with van der Waals surface area (Å²) in [4.78, 5) is 11.9. The molecule has 1 saturated carbocycles. The molecule has 1 fully saturated rings. The van der Waals surface area contributed by atoms with Gasteiger partial charge in [0.05, 0.1) is 18.2 Å². The molecule has 0 heterocycles. The Bertz CT molecular complexity index is 513. The predicted octanol–water partition coefficient (Wildman–Crippen LogP) is 2.73. The maximum atomic E-state index is 11.9. The van der Waals surface area contributed by atoms with Gasteiger partial charge < -0.3 is 10.6 Å². The van der Waals surface area contributed by atoms with Crippen molar-refractivity contribution in [2.24, 2.45) is 0 Å². The van der Waals surface area contributed by atoms with Crippen molar-refractivity contribution >= 4 is 11.6 Å². The Kier molecular flexibility index (Phi) is 5.00. The summed E-state index contributed by atoms with van der Waals surface area (Å²) in [6, 6.07) is 7.90. The highest BCUT2D eigenvalue weighted by molar-refractivity contribution is 5.81. The lowest BCUT2D eigenvalue weighted by molar-refractivity contribution is -0.120. The number of aryl methyl sites for hydroxylation is 1. The number of carbonyl (C=O) groups is 1. The average Bonchev–Trinajstić information content (AvgIpc) is 2.47. The van der Waals surface area contributed by atoms with Gasteiger partial charge in [-0.15, -0.1) is 0 Å². The van der Waals surface area contributed by atoms with Gasteiger partial charge in [0.1, 0.15) is 0 Å². The smallest absolute Gasteiger partial charge is 0.239 e. The Hall–Kier alpha value is -2.02. The molecule has 4 nitrogen and oxygen atoms in total. The van der Waals surface area contributed by atoms with E-state index in [-0.39, 0.29) is 12.5 Å². The molecular formula is C16H21N3O. The number of hydrogen-bond donors (Lipinski definition) is 2. The SMILES string of the molecule is Cc1ccc(C#N)cc1NCC(=O)NC1CCCCC1. The summed E-state index contributed by atoms with van der Waals surface area (Å²) in [5.74, 6) is 0.0265. The first-order chi connectivity index (χ1) is 9.69. The number of hydrogen-bond acceptors (Lipinski definition) is 3. The van der Waals surface area contributed by atoms with Gasteiger partial charge in [-0.25, -0.2) is 0 Å². The molecule has 0 saturated heterocycles. The standard InChI is InChI=1S/C16H21N3O/c1-12-7-8-13(10-17)9-15(12)18-11-16(20)19-14-5-3-2-4-6-14/h7-9,14,18H,2-6,11H2,1H3,(H,19,20). The summed E-state index contributed by atoms with van der Waals surface area (Å²) in [6.07, 6.45) is 5.89. The third-order valence-corrected chi connectivity index (χ3v) is 3.78. The second kappa shape index (κ2) is 6.95. The fraction of sp³-hybridized carbons (Fsp3) is 0.500. The maximum absolute atomic E-state index is 11.9. The van der Waals surface area contributed by atoms with Crippen LogP contribution in [0.4, 0.5) is 5.69 Å². The van der Waals surface area contributed by atoms with Gasteiger partial charge in [-0.3, -0.25) is 4.79 Å². The molecule has 0 aliphatic heterocycles. The molecule has 2 rings (SSSR count). The van der Waals surface area contributed by atoms with Crippen LogP contribution in [0.1, 0.15) is 43.2 Å². The van der Waals surface area contributed by atoms with Crippen LogP contribution in [0.25, 0.3) is 0 Å². The molecule has 1 amide bonds. The Morgan fingerprint density at radius 1 is 1.35 bits per heavy atom. The molecule has 1 aromatic rings. The summed E-state index contributed by atoms with van der Waals surface area (Å²) in [6.45, 7) is 2.22. The maximum Gasteiger partial charge on any atom is 0.239 e. The van der Waals surface area contributed by atoms with Crippen molar-refractivity contribution in [1.82, 2.24) is 5.32 Å². The monoisotopic (exact) mass is 271 g/mol. The predicted molar refractivity (Wildman–Crippen MR) is 79.4 cm³/mol. The number of amides is 1. The summed E-state index contributed by atoms with van der Waals surface area (Å²) in [5, 5.41) is 15.1. The fourth-order valence-corrected chi connectivity index (χ4v) is 2.58. The van der Waals surface area contributed by atoms with E-state index < -0.39 is 0 Å². The van der Waals surface area contributed by atoms with Crippen molar-refractivity contribution in [3.63, 3.8) is 0 Å². The number of anilines is 1. The minimum absolute atomic E-state index is 0.0265. The largest absolute Gasteiger partial charge is 0.376 e. The Labute approximate surface area is 120 Å². The van der Waals surface area contributed by atoms with Crippen LogP contribution in [0.15, 0.2) is 18.2 Å². The molecule has 1 aliphatic rings. The highest BCUT2D eigenvalue weighted by Gasteiger charge is 2.15. The van der Waals surface area contributed by atoms with Crippen molar-refractivity contribution in [3.8, 4) is 6.07 Å². The van der Waals surface area contributed by atoms with Crippen molar-refractivity contribution < 1.29 is 4.79 Å². The minimum Gasteiger partial charge on any atom is -0.376 e. The molecular weight excluding hydrogens is 250 g/mol. The van der Waals surface area contributed by atoms with Crippen LogP contribution in [0, 0.1) is 18.3 Å². The van der Waals surface area contributed by atoms with Crippen molar-refractivity contribution in [1.29, 1.82) is 5.26 Å². The van der Waals surface area contributed by atoms with E-state index in [0.29, 0.717) is 11.6 Å². The van der Waals surface area contributed by atoms with Gasteiger partial charge >= 0.3 is 0 Å². The second-order valence-electron chi connectivity index (χ2n) is 5.40. The summed E-state index contributed by atoms with van der Waals surface area (Å²) >= 11 is 0. The summed E-state index contributed by atoms with van der Waals surface area (Å²) in [5.41, 5.74) is 2.49. The quantitative estimate of drug-likeness (QED) is 0.885. The third-order valence-electron chi connectivity index (χ3n) is 3.78. The van der Waals surface area contributed by atoms with Gasteiger partial charge in [-0.2, -0.15) is 5.26 Å². The first kappa shape index (κ1) is 14.4. The van der Waals surface area contributed by atoms with Crippen LogP contribution >= 0.6 is 0 Å². The van der Waals surface area contributed by atoms with Crippen LogP contribution in [0.3, 0.4) is 0 Å². The molecule has 0 unspecified atom stereocenters. The number of nitriles is 1. The van der Waals surface area contributed by atoms with E-state index >= 15 is 0 Å². The van der Waals surface area contributed by atoms with E-state index in [1.54, 1.807) is 12.1 Å². The molecule has 0 bridgehead atoms. The van der Waals surface area contributed by atoms with E-state index in [4.69, 9.17) is 5.26 Å². The lowest BCUT2D eigenvalue weighted by Gasteiger charge is -2.23. The van der Waals surface area contributed by atoms with Crippen molar-refractivity contribution in [3.05, 3.63) is 29.3 Å². The van der Waals surface area contributed by atoms with Gasteiger partial charge in [0.2, 0.25) is 5.91 Å². The molecule has 2 N–H and O–H groups in total. The zero-order valence-electron chi connectivity index (χ0n) is 11.9. The second-order valence-corrected chi connectivity index (χ2v) is 5.40. The van der Waals surface area contributed by atoms with E-state index in [1.807, 2.05) is 13.0 Å². The van der Waals surface area contributed by atoms with Crippen LogP contribution in [0.5, 0.6) is 0 Å². The van der Waals surface area contributed by atoms with E-state index in [9.17, 15) is 4.79 Å². The molecule has 0 atom stereocenters. The van der Waals surface area contributed by atoms with E-state index in [0.717, 1.165) is 24.1 Å². The fourth-order valence-electron chi connectivity index (χ4n) is 2.58. The molecule has 106 valence electrons. The number of nitrogens with zero attached hydrogens (tertiary/aromatic N) is 1. The lowest BCUT2D eigenvalue weighted by Crippen LogP contribution is -2.39. The normalized spacial score (nSPS) is 15.4. The zero-order chi connectivity index (χ0) is 14.4. The first-order valence-electron chi connectivity index (χ1n) is 7.23. The van der Waals surface area contributed by atoms with Crippen molar-refractivity contribution in [2.45, 2.75) is 45.1 Å². The number of carbonyl (C=O) groups excluding carboxylic acids is 1. The number of rotatable bonds is 4. The van der Waals surface area contributed by atoms with Crippen LogP contribution in [-0.4, -0.2) is 18.5 Å². The summed E-state index contributed by atoms with van der Waals surface area (Å²) < 4.78 is 0. The van der Waals surface area contributed by atoms with E-state index in [1.165, 1.54) is 19.3 Å². The van der Waals surface area contributed by atoms with Gasteiger partial charge in [0, 0.05) is 11.7 Å². The van der Waals surface area contributed by atoms with Crippen molar-refractivity contribution in [2.75, 3.05) is 11.9 Å². The Balaban J connectivity index is 1.85. The molecule has 4 heteroatoms. The van der Waals surface area contributed by atoms with Gasteiger partial charge in [0.25, 0.3) is 0 Å². The number of nitrogens with one attached hydrogen (secondary N) is 2. The third kappa shape index (κ3) is 3.99. The molecule has 1 aromatic carbocycles. The topological polar surface area (TPSA) is 64.9 Å². The van der Waals surface area contributed by atoms with Crippen LogP contribution < -0.4 is 10.6 Å². The molecule has 0 spiro atoms. The zero-order valence-corrected chi connectivity index (χ0v) is 11.9. The molecule has 20 heavy (non-hydrogen) atoms. The highest BCUT2D eigenvalue weighted by atomic mass is 16.1. The molecule has 1 aliphatic carbocycles. The molecule has 0 radical (unpaired) electrons. The highest BCUT2D eigenvalue weighted by Crippen LogP contribution is 2.18. The van der Waals surface area contributed by atoms with Gasteiger partial charge in [-0.05, 0) is 37.5 Å². The minimum atomic E-state index is 0.0265. The Morgan fingerprint density at radius 2 is 2.10 bits per heavy atom. The molecule has 0 aromatic heterocycles. The van der Waals surface area contributed by atoms with Gasteiger partial charge in [0.15, 0.2) is 0 Å². The number of benzene rings is 1. The Morgan fingerprint density at radius 3 is 2.80 bits per heavy atom. The average molecular weight is 271 g/mol. The lowest BCUT2D eigenvalue weighted by atomic mass is 9.95. The van der Waals surface area contributed by atoms with Gasteiger partial charge in [-0.1, -0.05) is 25.3 Å².